The summed E-state index contributed by atoms with van der Waals surface area (Å²) in [5, 5.41) is 3.00. The molecule has 2 aromatic carbocycles. The van der Waals surface area contributed by atoms with Crippen LogP contribution in [0.15, 0.2) is 53.4 Å². The van der Waals surface area contributed by atoms with Gasteiger partial charge in [0.2, 0.25) is 15.9 Å². The second-order valence-electron chi connectivity index (χ2n) is 5.99. The van der Waals surface area contributed by atoms with E-state index in [1.165, 1.54) is 25.2 Å². The summed E-state index contributed by atoms with van der Waals surface area (Å²) in [5.74, 6) is 0.0182. The van der Waals surface area contributed by atoms with Crippen LogP contribution in [-0.2, 0) is 14.8 Å². The summed E-state index contributed by atoms with van der Waals surface area (Å²) in [7, 11) is -2.50. The van der Waals surface area contributed by atoms with E-state index in [0.29, 0.717) is 12.4 Å². The van der Waals surface area contributed by atoms with E-state index in [1.807, 2.05) is 44.2 Å². The van der Waals surface area contributed by atoms with Crippen molar-refractivity contribution in [3.05, 3.63) is 59.1 Å². The maximum atomic E-state index is 12.7. The third-order valence-corrected chi connectivity index (χ3v) is 6.05. The van der Waals surface area contributed by atoms with Crippen LogP contribution >= 0.6 is 11.6 Å². The summed E-state index contributed by atoms with van der Waals surface area (Å²) in [5.41, 5.74) is 0.939. The predicted octanol–water partition coefficient (Wildman–Crippen LogP) is 3.24. The van der Waals surface area contributed by atoms with Crippen LogP contribution in [0.3, 0.4) is 0 Å². The van der Waals surface area contributed by atoms with Crippen molar-refractivity contribution in [2.24, 2.45) is 0 Å². The minimum Gasteiger partial charge on any atom is -0.492 e. The summed E-state index contributed by atoms with van der Waals surface area (Å²) < 4.78 is 31.7. The monoisotopic (exact) mass is 410 g/mol. The van der Waals surface area contributed by atoms with Gasteiger partial charge in [0.05, 0.1) is 29.1 Å². The van der Waals surface area contributed by atoms with Crippen molar-refractivity contribution in [1.82, 2.24) is 9.62 Å². The maximum Gasteiger partial charge on any atom is 0.243 e. The van der Waals surface area contributed by atoms with Gasteiger partial charge in [-0.3, -0.25) is 4.79 Å². The number of hydrogen-bond donors (Lipinski definition) is 1. The quantitative estimate of drug-likeness (QED) is 0.724. The molecule has 0 spiro atoms. The van der Waals surface area contributed by atoms with E-state index in [2.05, 4.69) is 5.32 Å². The van der Waals surface area contributed by atoms with Crippen LogP contribution in [-0.4, -0.2) is 38.8 Å². The number of carbonyl (C=O) groups is 1. The largest absolute Gasteiger partial charge is 0.492 e. The molecule has 0 aliphatic carbocycles. The highest BCUT2D eigenvalue weighted by Gasteiger charge is 2.24. The van der Waals surface area contributed by atoms with Crippen molar-refractivity contribution in [3.8, 4) is 5.75 Å². The molecule has 0 saturated carbocycles. The molecule has 2 rings (SSSR count). The number of halogens is 1. The first kappa shape index (κ1) is 21.2. The molecule has 1 N–H and O–H groups in total. The van der Waals surface area contributed by atoms with Crippen molar-refractivity contribution >= 4 is 27.5 Å². The normalized spacial score (nSPS) is 12.6. The lowest BCUT2D eigenvalue weighted by molar-refractivity contribution is -0.121. The first-order chi connectivity index (χ1) is 12.8. The smallest absolute Gasteiger partial charge is 0.243 e. The zero-order valence-corrected chi connectivity index (χ0v) is 17.0. The van der Waals surface area contributed by atoms with Crippen molar-refractivity contribution in [2.75, 3.05) is 20.2 Å². The molecule has 8 heteroatoms. The van der Waals surface area contributed by atoms with E-state index in [1.54, 1.807) is 0 Å². The summed E-state index contributed by atoms with van der Waals surface area (Å²) >= 11 is 6.07. The average molecular weight is 411 g/mol. The molecule has 0 heterocycles. The van der Waals surface area contributed by atoms with Crippen LogP contribution in [0.1, 0.15) is 25.5 Å². The van der Waals surface area contributed by atoms with Crippen LogP contribution in [0.2, 0.25) is 5.02 Å². The molecule has 1 atom stereocenters. The van der Waals surface area contributed by atoms with Crippen LogP contribution in [0.4, 0.5) is 0 Å². The van der Waals surface area contributed by atoms with Crippen molar-refractivity contribution in [3.63, 3.8) is 0 Å². The molecule has 0 saturated heterocycles. The number of ether oxygens (including phenoxy) is 1. The Labute approximate surface area is 165 Å². The second-order valence-corrected chi connectivity index (χ2v) is 8.44. The molecule has 0 unspecified atom stereocenters. The van der Waals surface area contributed by atoms with Gasteiger partial charge in [0.1, 0.15) is 5.75 Å². The van der Waals surface area contributed by atoms with Crippen molar-refractivity contribution in [1.29, 1.82) is 0 Å². The lowest BCUT2D eigenvalue weighted by atomic mass is 10.1. The van der Waals surface area contributed by atoms with Gasteiger partial charge in [-0.25, -0.2) is 8.42 Å². The molecule has 0 aliphatic heterocycles. The van der Waals surface area contributed by atoms with Gasteiger partial charge in [0, 0.05) is 7.05 Å². The topological polar surface area (TPSA) is 75.7 Å². The van der Waals surface area contributed by atoms with Crippen LogP contribution in [0.5, 0.6) is 5.75 Å². The molecule has 146 valence electrons. The van der Waals surface area contributed by atoms with Gasteiger partial charge >= 0.3 is 0 Å². The Morgan fingerprint density at radius 1 is 1.22 bits per heavy atom. The third-order valence-electron chi connectivity index (χ3n) is 3.95. The van der Waals surface area contributed by atoms with Crippen LogP contribution in [0.25, 0.3) is 0 Å². The minimum absolute atomic E-state index is 0.00219. The molecule has 0 aliphatic rings. The van der Waals surface area contributed by atoms with Gasteiger partial charge in [0.25, 0.3) is 0 Å². The Kier molecular flexibility index (Phi) is 7.24. The Morgan fingerprint density at radius 3 is 2.48 bits per heavy atom. The molecule has 6 nitrogen and oxygen atoms in total. The number of carbonyl (C=O) groups excluding carboxylic acids is 1. The van der Waals surface area contributed by atoms with E-state index < -0.39 is 15.9 Å². The summed E-state index contributed by atoms with van der Waals surface area (Å²) in [6.07, 6.45) is 0. The predicted molar refractivity (Wildman–Crippen MR) is 105 cm³/mol. The highest BCUT2D eigenvalue weighted by atomic mass is 35.5. The number of benzene rings is 2. The average Bonchev–Trinajstić information content (AvgIpc) is 2.64. The first-order valence-corrected chi connectivity index (χ1v) is 10.3. The van der Waals surface area contributed by atoms with Gasteiger partial charge in [0.15, 0.2) is 0 Å². The molecular weight excluding hydrogens is 388 g/mol. The molecular formula is C19H23ClN2O4S. The van der Waals surface area contributed by atoms with Gasteiger partial charge in [-0.05, 0) is 37.6 Å². The van der Waals surface area contributed by atoms with E-state index in [0.717, 1.165) is 9.87 Å². The fourth-order valence-electron chi connectivity index (χ4n) is 2.49. The number of likely N-dealkylation sites (N-methyl/N-ethyl adjacent to an activating group) is 1. The summed E-state index contributed by atoms with van der Waals surface area (Å²) in [4.78, 5) is 12.3. The molecule has 2 aromatic rings. The Hall–Kier alpha value is -2.09. The molecule has 0 aromatic heterocycles. The number of nitrogens with one attached hydrogen (secondary N) is 1. The highest BCUT2D eigenvalue weighted by Crippen LogP contribution is 2.28. The molecule has 1 amide bonds. The number of hydrogen-bond acceptors (Lipinski definition) is 4. The second kappa shape index (κ2) is 9.21. The van der Waals surface area contributed by atoms with E-state index >= 15 is 0 Å². The highest BCUT2D eigenvalue weighted by molar-refractivity contribution is 7.89. The van der Waals surface area contributed by atoms with Crippen LogP contribution < -0.4 is 10.1 Å². The third kappa shape index (κ3) is 5.45. The SMILES string of the molecule is CCOc1ccc(S(=O)(=O)N(C)CC(=O)N[C@@H](C)c2ccccc2)cc1Cl. The first-order valence-electron chi connectivity index (χ1n) is 8.48. The van der Waals surface area contributed by atoms with Crippen molar-refractivity contribution in [2.45, 2.75) is 24.8 Å². The summed E-state index contributed by atoms with van der Waals surface area (Å²) in [6, 6.07) is 13.4. The molecule has 0 bridgehead atoms. The van der Waals surface area contributed by atoms with Gasteiger partial charge in [-0.2, -0.15) is 4.31 Å². The van der Waals surface area contributed by atoms with Crippen LogP contribution in [0, 0.1) is 0 Å². The number of nitrogens with zero attached hydrogens (tertiary/aromatic N) is 1. The number of rotatable bonds is 8. The number of sulfonamides is 1. The van der Waals surface area contributed by atoms with E-state index in [4.69, 9.17) is 16.3 Å². The lowest BCUT2D eigenvalue weighted by Gasteiger charge is -2.20. The van der Waals surface area contributed by atoms with E-state index in [9.17, 15) is 13.2 Å². The van der Waals surface area contributed by atoms with Gasteiger partial charge in [-0.15, -0.1) is 0 Å². The Morgan fingerprint density at radius 2 is 1.89 bits per heavy atom. The summed E-state index contributed by atoms with van der Waals surface area (Å²) in [6.45, 7) is 3.77. The molecule has 0 radical (unpaired) electrons. The van der Waals surface area contributed by atoms with E-state index in [-0.39, 0.29) is 22.5 Å². The minimum atomic E-state index is -3.86. The maximum absolute atomic E-state index is 12.7. The fraction of sp³-hybridized carbons (Fsp3) is 0.316. The Balaban J connectivity index is 2.06. The molecule has 27 heavy (non-hydrogen) atoms. The van der Waals surface area contributed by atoms with Gasteiger partial charge in [-0.1, -0.05) is 41.9 Å². The fourth-order valence-corrected chi connectivity index (χ4v) is 3.95. The van der Waals surface area contributed by atoms with Gasteiger partial charge < -0.3 is 10.1 Å². The standard InChI is InChI=1S/C19H23ClN2O4S/c1-4-26-18-11-10-16(12-17(18)20)27(24,25)22(3)13-19(23)21-14(2)15-8-6-5-7-9-15/h5-12,14H,4,13H2,1-3H3,(H,21,23)/t14-/m0/s1. The zero-order valence-electron chi connectivity index (χ0n) is 15.5. The number of amides is 1. The Bertz CT molecular complexity index is 888. The zero-order chi connectivity index (χ0) is 20.0. The van der Waals surface area contributed by atoms with Crippen molar-refractivity contribution < 1.29 is 17.9 Å². The molecule has 0 fully saturated rings. The lowest BCUT2D eigenvalue weighted by Crippen LogP contribution is -2.39.